The average molecular weight is 252 g/mol. The van der Waals surface area contributed by atoms with Gasteiger partial charge in [0.25, 0.3) is 0 Å². The summed E-state index contributed by atoms with van der Waals surface area (Å²) in [6.07, 6.45) is 1.93. The number of anilines is 2. The van der Waals surface area contributed by atoms with Crippen molar-refractivity contribution in [3.05, 3.63) is 12.4 Å². The van der Waals surface area contributed by atoms with Crippen LogP contribution in [-0.4, -0.2) is 25.3 Å². The summed E-state index contributed by atoms with van der Waals surface area (Å²) in [6.45, 7) is 0. The Bertz CT molecular complexity index is 498. The summed E-state index contributed by atoms with van der Waals surface area (Å²) < 4.78 is 12.6. The zero-order chi connectivity index (χ0) is 13.3. The quantitative estimate of drug-likeness (QED) is 0.715. The molecule has 0 spiro atoms. The molecule has 0 saturated heterocycles. The third-order valence-corrected chi connectivity index (χ3v) is 2.16. The number of nitrogens with two attached hydrogens (primary N) is 2. The Morgan fingerprint density at radius 1 is 1.06 bits per heavy atom. The first-order valence-electron chi connectivity index (χ1n) is 4.93. The van der Waals surface area contributed by atoms with Crippen LogP contribution >= 0.6 is 0 Å². The Kier molecular flexibility index (Phi) is 2.80. The van der Waals surface area contributed by atoms with E-state index in [9.17, 15) is 4.79 Å². The summed E-state index contributed by atoms with van der Waals surface area (Å²) in [5.74, 6) is 0.535. The van der Waals surface area contributed by atoms with Gasteiger partial charge in [0.2, 0.25) is 23.7 Å². The zero-order valence-corrected chi connectivity index (χ0v) is 9.82. The van der Waals surface area contributed by atoms with Gasteiger partial charge in [-0.2, -0.15) is 9.97 Å². The summed E-state index contributed by atoms with van der Waals surface area (Å²) in [7, 11) is 3.33. The fourth-order valence-corrected chi connectivity index (χ4v) is 1.19. The van der Waals surface area contributed by atoms with Gasteiger partial charge in [0.1, 0.15) is 0 Å². The highest BCUT2D eigenvalue weighted by Crippen LogP contribution is 2.14. The third kappa shape index (κ3) is 2.34. The highest BCUT2D eigenvalue weighted by Gasteiger charge is 2.13. The Morgan fingerprint density at radius 2 is 1.44 bits per heavy atom. The van der Waals surface area contributed by atoms with Gasteiger partial charge in [0.05, 0.1) is 12.4 Å². The van der Waals surface area contributed by atoms with Crippen LogP contribution in [0.3, 0.4) is 0 Å². The SMILES string of the molecule is Cn1cc(OC(=O)Oc2cn(C)c(N)n2)nc1N. The van der Waals surface area contributed by atoms with E-state index in [1.54, 1.807) is 14.1 Å². The van der Waals surface area contributed by atoms with Crippen molar-refractivity contribution in [3.63, 3.8) is 0 Å². The first-order valence-corrected chi connectivity index (χ1v) is 4.93. The maximum absolute atomic E-state index is 11.4. The molecule has 9 heteroatoms. The molecular weight excluding hydrogens is 240 g/mol. The van der Waals surface area contributed by atoms with E-state index >= 15 is 0 Å². The van der Waals surface area contributed by atoms with Crippen LogP contribution in [-0.2, 0) is 14.1 Å². The molecule has 2 aromatic rings. The summed E-state index contributed by atoms with van der Waals surface area (Å²) in [5, 5.41) is 0. The molecule has 0 aliphatic heterocycles. The smallest absolute Gasteiger partial charge is 0.374 e. The van der Waals surface area contributed by atoms with Crippen LogP contribution in [0.5, 0.6) is 11.8 Å². The molecule has 96 valence electrons. The van der Waals surface area contributed by atoms with Gasteiger partial charge in [0.15, 0.2) is 0 Å². The van der Waals surface area contributed by atoms with Crippen LogP contribution in [0.1, 0.15) is 0 Å². The molecule has 18 heavy (non-hydrogen) atoms. The van der Waals surface area contributed by atoms with Gasteiger partial charge in [-0.15, -0.1) is 0 Å². The molecule has 0 saturated carbocycles. The predicted octanol–water partition coefficient (Wildman–Crippen LogP) is -0.104. The van der Waals surface area contributed by atoms with Crippen LogP contribution < -0.4 is 20.9 Å². The number of rotatable bonds is 2. The second kappa shape index (κ2) is 4.28. The molecule has 0 radical (unpaired) electrons. The van der Waals surface area contributed by atoms with Gasteiger partial charge in [0, 0.05) is 14.1 Å². The van der Waals surface area contributed by atoms with Crippen molar-refractivity contribution < 1.29 is 14.3 Å². The van der Waals surface area contributed by atoms with Gasteiger partial charge in [-0.05, 0) is 0 Å². The molecule has 9 nitrogen and oxygen atoms in total. The molecule has 4 N–H and O–H groups in total. The maximum Gasteiger partial charge on any atom is 0.522 e. The first kappa shape index (κ1) is 11.8. The molecule has 0 amide bonds. The van der Waals surface area contributed by atoms with Gasteiger partial charge in [-0.3, -0.25) is 0 Å². The molecule has 0 aromatic carbocycles. The van der Waals surface area contributed by atoms with E-state index in [0.717, 1.165) is 0 Å². The minimum atomic E-state index is -0.966. The van der Waals surface area contributed by atoms with E-state index in [4.69, 9.17) is 20.9 Å². The van der Waals surface area contributed by atoms with Crippen molar-refractivity contribution in [3.8, 4) is 11.8 Å². The van der Waals surface area contributed by atoms with Crippen LogP contribution in [0.2, 0.25) is 0 Å². The normalized spacial score (nSPS) is 10.3. The molecule has 0 fully saturated rings. The van der Waals surface area contributed by atoms with Crippen LogP contribution in [0, 0.1) is 0 Å². The number of aryl methyl sites for hydroxylation is 2. The Labute approximate surface area is 102 Å². The number of carbonyl (C=O) groups is 1. The zero-order valence-electron chi connectivity index (χ0n) is 9.82. The lowest BCUT2D eigenvalue weighted by Crippen LogP contribution is -2.14. The van der Waals surface area contributed by atoms with Crippen LogP contribution in [0.4, 0.5) is 16.7 Å². The summed E-state index contributed by atoms with van der Waals surface area (Å²) in [5.41, 5.74) is 11.0. The van der Waals surface area contributed by atoms with Crippen molar-refractivity contribution in [2.24, 2.45) is 14.1 Å². The molecule has 0 unspecified atom stereocenters. The van der Waals surface area contributed by atoms with Gasteiger partial charge < -0.3 is 30.1 Å². The number of carbonyl (C=O) groups excluding carboxylic acids is 1. The number of imidazole rings is 2. The van der Waals surface area contributed by atoms with Crippen LogP contribution in [0.15, 0.2) is 12.4 Å². The highest BCUT2D eigenvalue weighted by atomic mass is 16.7. The van der Waals surface area contributed by atoms with Crippen molar-refractivity contribution in [2.45, 2.75) is 0 Å². The maximum atomic E-state index is 11.4. The van der Waals surface area contributed by atoms with E-state index in [0.29, 0.717) is 0 Å². The number of ether oxygens (including phenoxy) is 2. The summed E-state index contributed by atoms with van der Waals surface area (Å²) in [4.78, 5) is 19.0. The van der Waals surface area contributed by atoms with E-state index in [-0.39, 0.29) is 23.7 Å². The Balaban J connectivity index is 2.00. The minimum absolute atomic E-state index is 0.0453. The lowest BCUT2D eigenvalue weighted by molar-refractivity contribution is 0.148. The molecule has 2 heterocycles. The molecular formula is C9H12N6O3. The second-order valence-electron chi connectivity index (χ2n) is 3.55. The molecule has 0 atom stereocenters. The van der Waals surface area contributed by atoms with E-state index in [1.165, 1.54) is 21.5 Å². The van der Waals surface area contributed by atoms with Gasteiger partial charge in [-0.25, -0.2) is 4.79 Å². The fourth-order valence-electron chi connectivity index (χ4n) is 1.19. The van der Waals surface area contributed by atoms with Crippen molar-refractivity contribution >= 4 is 18.1 Å². The van der Waals surface area contributed by atoms with Crippen molar-refractivity contribution in [2.75, 3.05) is 11.5 Å². The lowest BCUT2D eigenvalue weighted by atomic mass is 10.8. The summed E-state index contributed by atoms with van der Waals surface area (Å²) in [6, 6.07) is 0. The number of hydrogen-bond donors (Lipinski definition) is 2. The first-order chi connectivity index (χ1) is 8.45. The molecule has 2 rings (SSSR count). The van der Waals surface area contributed by atoms with Crippen molar-refractivity contribution in [1.29, 1.82) is 0 Å². The van der Waals surface area contributed by atoms with Gasteiger partial charge in [-0.1, -0.05) is 0 Å². The van der Waals surface area contributed by atoms with Gasteiger partial charge >= 0.3 is 6.16 Å². The van der Waals surface area contributed by atoms with Crippen LogP contribution in [0.25, 0.3) is 0 Å². The molecule has 0 aliphatic carbocycles. The third-order valence-electron chi connectivity index (χ3n) is 2.16. The number of nitrogen functional groups attached to an aromatic ring is 2. The average Bonchev–Trinajstić information content (AvgIpc) is 2.72. The van der Waals surface area contributed by atoms with Crippen molar-refractivity contribution in [1.82, 2.24) is 19.1 Å². The minimum Gasteiger partial charge on any atom is -0.374 e. The Hall–Kier alpha value is -2.71. The fraction of sp³-hybridized carbons (Fsp3) is 0.222. The molecule has 2 aromatic heterocycles. The predicted molar refractivity (Wildman–Crippen MR) is 61.9 cm³/mol. The number of nitrogens with zero attached hydrogens (tertiary/aromatic N) is 4. The van der Waals surface area contributed by atoms with E-state index in [1.807, 2.05) is 0 Å². The molecule has 0 bridgehead atoms. The number of hydrogen-bond acceptors (Lipinski definition) is 7. The second-order valence-corrected chi connectivity index (χ2v) is 3.55. The topological polar surface area (TPSA) is 123 Å². The largest absolute Gasteiger partial charge is 0.522 e. The standard InChI is InChI=1S/C9H12N6O3/c1-14-3-5(12-7(14)10)17-9(16)18-6-4-15(2)8(11)13-6/h3-4H,1-2H3,(H2,10,12)(H2,11,13). The highest BCUT2D eigenvalue weighted by molar-refractivity contribution is 5.66. The monoisotopic (exact) mass is 252 g/mol. The molecule has 0 aliphatic rings. The summed E-state index contributed by atoms with van der Waals surface area (Å²) >= 11 is 0. The number of aromatic nitrogens is 4. The Morgan fingerprint density at radius 3 is 1.72 bits per heavy atom. The van der Waals surface area contributed by atoms with E-state index in [2.05, 4.69) is 9.97 Å². The lowest BCUT2D eigenvalue weighted by Gasteiger charge is -1.98. The van der Waals surface area contributed by atoms with E-state index < -0.39 is 6.16 Å².